The van der Waals surface area contributed by atoms with Crippen LogP contribution in [-0.4, -0.2) is 13.0 Å². The van der Waals surface area contributed by atoms with Gasteiger partial charge in [0.15, 0.2) is 0 Å². The van der Waals surface area contributed by atoms with E-state index in [0.717, 1.165) is 28.9 Å². The molecule has 150 valence electrons. The van der Waals surface area contributed by atoms with Gasteiger partial charge in [-0.15, -0.1) is 0 Å². The average molecular weight is 389 g/mol. The number of rotatable bonds is 8. The lowest BCUT2D eigenvalue weighted by atomic mass is 10.0. The van der Waals surface area contributed by atoms with Crippen molar-refractivity contribution in [3.63, 3.8) is 0 Å². The molecule has 0 saturated carbocycles. The Labute approximate surface area is 172 Å². The molecular weight excluding hydrogens is 362 g/mol. The summed E-state index contributed by atoms with van der Waals surface area (Å²) >= 11 is 0. The molecule has 0 spiro atoms. The number of amides is 1. The quantitative estimate of drug-likeness (QED) is 0.556. The molecule has 3 rings (SSSR count). The van der Waals surface area contributed by atoms with Gasteiger partial charge in [0.05, 0.1) is 13.2 Å². The van der Waals surface area contributed by atoms with Crippen LogP contribution in [0, 0.1) is 6.92 Å². The van der Waals surface area contributed by atoms with E-state index in [1.807, 2.05) is 61.5 Å². The van der Waals surface area contributed by atoms with E-state index < -0.39 is 0 Å². The van der Waals surface area contributed by atoms with Gasteiger partial charge in [-0.1, -0.05) is 55.5 Å². The van der Waals surface area contributed by atoms with E-state index in [-0.39, 0.29) is 11.9 Å². The molecule has 0 radical (unpaired) electrons. The van der Waals surface area contributed by atoms with E-state index in [0.29, 0.717) is 17.9 Å². The fourth-order valence-electron chi connectivity index (χ4n) is 3.25. The number of nitrogens with one attached hydrogen (secondary N) is 1. The van der Waals surface area contributed by atoms with Gasteiger partial charge in [-0.2, -0.15) is 0 Å². The van der Waals surface area contributed by atoms with Crippen molar-refractivity contribution >= 4 is 5.91 Å². The topological polar surface area (TPSA) is 47.6 Å². The normalized spacial score (nSPS) is 11.6. The second-order valence-corrected chi connectivity index (χ2v) is 6.97. The molecule has 0 aliphatic heterocycles. The third kappa shape index (κ3) is 5.38. The molecule has 29 heavy (non-hydrogen) atoms. The highest BCUT2D eigenvalue weighted by Crippen LogP contribution is 2.25. The van der Waals surface area contributed by atoms with Crippen molar-refractivity contribution in [2.75, 3.05) is 7.11 Å². The Hall–Kier alpha value is -3.27. The Bertz CT molecular complexity index is 953. The average Bonchev–Trinajstić information content (AvgIpc) is 2.76. The summed E-state index contributed by atoms with van der Waals surface area (Å²) in [5.74, 6) is 1.41. The molecule has 0 fully saturated rings. The van der Waals surface area contributed by atoms with E-state index in [2.05, 4.69) is 18.3 Å². The molecule has 3 aromatic rings. The Morgan fingerprint density at radius 3 is 2.48 bits per heavy atom. The minimum Gasteiger partial charge on any atom is -0.496 e. The van der Waals surface area contributed by atoms with Crippen molar-refractivity contribution in [1.29, 1.82) is 0 Å². The van der Waals surface area contributed by atoms with Gasteiger partial charge in [0.2, 0.25) is 0 Å². The molecule has 0 aliphatic rings. The third-order valence-electron chi connectivity index (χ3n) is 4.88. The first-order valence-electron chi connectivity index (χ1n) is 9.83. The fourth-order valence-corrected chi connectivity index (χ4v) is 3.25. The van der Waals surface area contributed by atoms with Crippen LogP contribution < -0.4 is 14.8 Å². The van der Waals surface area contributed by atoms with Gasteiger partial charge in [-0.25, -0.2) is 0 Å². The van der Waals surface area contributed by atoms with Crippen LogP contribution >= 0.6 is 0 Å². The summed E-state index contributed by atoms with van der Waals surface area (Å²) in [6, 6.07) is 23.2. The van der Waals surface area contributed by atoms with Crippen molar-refractivity contribution in [2.45, 2.75) is 32.9 Å². The summed E-state index contributed by atoms with van der Waals surface area (Å²) in [5, 5.41) is 3.13. The molecule has 0 unspecified atom stereocenters. The summed E-state index contributed by atoms with van der Waals surface area (Å²) < 4.78 is 11.2. The van der Waals surface area contributed by atoms with E-state index >= 15 is 0 Å². The van der Waals surface area contributed by atoms with Gasteiger partial charge in [-0.3, -0.25) is 4.79 Å². The summed E-state index contributed by atoms with van der Waals surface area (Å²) in [5.41, 5.74) is 3.78. The molecule has 1 amide bonds. The van der Waals surface area contributed by atoms with Gasteiger partial charge in [0.1, 0.15) is 18.1 Å². The van der Waals surface area contributed by atoms with Crippen molar-refractivity contribution < 1.29 is 14.3 Å². The van der Waals surface area contributed by atoms with Crippen LogP contribution in [0.1, 0.15) is 46.4 Å². The van der Waals surface area contributed by atoms with Gasteiger partial charge < -0.3 is 14.8 Å². The van der Waals surface area contributed by atoms with Gasteiger partial charge in [0.25, 0.3) is 5.91 Å². The number of ether oxygens (including phenoxy) is 2. The summed E-state index contributed by atoms with van der Waals surface area (Å²) in [7, 11) is 1.66. The Kier molecular flexibility index (Phi) is 6.90. The lowest BCUT2D eigenvalue weighted by Crippen LogP contribution is -2.28. The molecule has 1 N–H and O–H groups in total. The zero-order chi connectivity index (χ0) is 20.6. The molecule has 0 saturated heterocycles. The molecule has 0 bridgehead atoms. The molecule has 0 aliphatic carbocycles. The van der Waals surface area contributed by atoms with Crippen LogP contribution in [0.3, 0.4) is 0 Å². The Morgan fingerprint density at radius 1 is 1.00 bits per heavy atom. The highest BCUT2D eigenvalue weighted by molar-refractivity contribution is 5.94. The molecule has 4 heteroatoms. The number of carbonyl (C=O) groups excluding carboxylic acids is 1. The van der Waals surface area contributed by atoms with E-state index in [9.17, 15) is 4.79 Å². The predicted molar refractivity (Wildman–Crippen MR) is 115 cm³/mol. The van der Waals surface area contributed by atoms with E-state index in [4.69, 9.17) is 9.47 Å². The Morgan fingerprint density at radius 2 is 1.79 bits per heavy atom. The number of hydrogen-bond donors (Lipinski definition) is 1. The molecule has 0 heterocycles. The summed E-state index contributed by atoms with van der Waals surface area (Å²) in [6.45, 7) is 4.53. The summed E-state index contributed by atoms with van der Waals surface area (Å²) in [6.07, 6.45) is 0.793. The van der Waals surface area contributed by atoms with Crippen LogP contribution in [0.5, 0.6) is 11.5 Å². The zero-order valence-corrected chi connectivity index (χ0v) is 17.1. The van der Waals surface area contributed by atoms with Crippen molar-refractivity contribution in [1.82, 2.24) is 5.32 Å². The van der Waals surface area contributed by atoms with E-state index in [1.165, 1.54) is 0 Å². The van der Waals surface area contributed by atoms with Crippen LogP contribution in [0.15, 0.2) is 72.8 Å². The van der Waals surface area contributed by atoms with Gasteiger partial charge in [-0.05, 0) is 54.3 Å². The van der Waals surface area contributed by atoms with E-state index in [1.54, 1.807) is 19.2 Å². The van der Waals surface area contributed by atoms with Crippen LogP contribution in [0.25, 0.3) is 0 Å². The minimum atomic E-state index is -0.115. The zero-order valence-electron chi connectivity index (χ0n) is 17.1. The molecule has 3 aromatic carbocycles. The minimum absolute atomic E-state index is 0.0685. The number of carbonyl (C=O) groups is 1. The highest BCUT2D eigenvalue weighted by atomic mass is 16.5. The number of hydrogen-bond acceptors (Lipinski definition) is 3. The van der Waals surface area contributed by atoms with Crippen LogP contribution in [0.2, 0.25) is 0 Å². The smallest absolute Gasteiger partial charge is 0.251 e. The molecule has 0 aromatic heterocycles. The maximum absolute atomic E-state index is 12.8. The second kappa shape index (κ2) is 9.78. The maximum Gasteiger partial charge on any atom is 0.251 e. The second-order valence-electron chi connectivity index (χ2n) is 6.97. The first kappa shape index (κ1) is 20.5. The lowest BCUT2D eigenvalue weighted by molar-refractivity contribution is 0.0935. The standard InChI is InChI=1S/C25H27NO3/c1-4-23(20-13-14-24(28-3)18(2)15-20)26-25(27)21-11-8-12-22(16-21)29-17-19-9-6-5-7-10-19/h5-16,23H,4,17H2,1-3H3,(H,26,27)/t23-/m0/s1. The fraction of sp³-hybridized carbons (Fsp3) is 0.240. The largest absolute Gasteiger partial charge is 0.496 e. The first-order chi connectivity index (χ1) is 14.1. The van der Waals surface area contributed by atoms with Crippen LogP contribution in [0.4, 0.5) is 0 Å². The highest BCUT2D eigenvalue weighted by Gasteiger charge is 2.15. The SMILES string of the molecule is CC[C@H](NC(=O)c1cccc(OCc2ccccc2)c1)c1ccc(OC)c(C)c1. The first-order valence-corrected chi connectivity index (χ1v) is 9.83. The molecule has 1 atom stereocenters. The summed E-state index contributed by atoms with van der Waals surface area (Å²) in [4.78, 5) is 12.8. The van der Waals surface area contributed by atoms with Crippen molar-refractivity contribution in [3.8, 4) is 11.5 Å². The number of aryl methyl sites for hydroxylation is 1. The maximum atomic E-state index is 12.8. The number of methoxy groups -OCH3 is 1. The van der Waals surface area contributed by atoms with Gasteiger partial charge >= 0.3 is 0 Å². The molecule has 4 nitrogen and oxygen atoms in total. The third-order valence-corrected chi connectivity index (χ3v) is 4.88. The monoisotopic (exact) mass is 389 g/mol. The van der Waals surface area contributed by atoms with Gasteiger partial charge in [0, 0.05) is 5.56 Å². The number of benzene rings is 3. The molecular formula is C25H27NO3. The van der Waals surface area contributed by atoms with Crippen molar-refractivity contribution in [2.24, 2.45) is 0 Å². The van der Waals surface area contributed by atoms with Crippen LogP contribution in [-0.2, 0) is 6.61 Å². The van der Waals surface area contributed by atoms with Crippen molar-refractivity contribution in [3.05, 3.63) is 95.1 Å². The Balaban J connectivity index is 1.68. The predicted octanol–water partition coefficient (Wildman–Crippen LogP) is 5.46. The lowest BCUT2D eigenvalue weighted by Gasteiger charge is -2.19.